The van der Waals surface area contributed by atoms with Crippen molar-refractivity contribution in [2.75, 3.05) is 20.8 Å². The lowest BCUT2D eigenvalue weighted by molar-refractivity contribution is -0.120. The first-order valence-corrected chi connectivity index (χ1v) is 8.91. The van der Waals surface area contributed by atoms with Gasteiger partial charge in [-0.15, -0.1) is 0 Å². The Morgan fingerprint density at radius 2 is 1.96 bits per heavy atom. The van der Waals surface area contributed by atoms with Gasteiger partial charge in [-0.3, -0.25) is 9.59 Å². The third kappa shape index (κ3) is 2.05. The molecule has 2 atom stereocenters. The van der Waals surface area contributed by atoms with Gasteiger partial charge in [0.1, 0.15) is 22.1 Å². The maximum absolute atomic E-state index is 13.5. The van der Waals surface area contributed by atoms with Crippen LogP contribution in [0.15, 0.2) is 17.4 Å². The van der Waals surface area contributed by atoms with Gasteiger partial charge in [-0.25, -0.2) is 0 Å². The summed E-state index contributed by atoms with van der Waals surface area (Å²) in [6.45, 7) is 2.27. The van der Waals surface area contributed by atoms with Crippen LogP contribution in [-0.4, -0.2) is 38.0 Å². The summed E-state index contributed by atoms with van der Waals surface area (Å²) in [5, 5.41) is 0.204. The molecular formula is C19H19ClO6. The van der Waals surface area contributed by atoms with Crippen molar-refractivity contribution in [3.05, 3.63) is 28.0 Å². The van der Waals surface area contributed by atoms with Crippen LogP contribution in [0, 0.1) is 5.92 Å². The lowest BCUT2D eigenvalue weighted by Crippen LogP contribution is -2.53. The summed E-state index contributed by atoms with van der Waals surface area (Å²) in [6.07, 6.45) is 1.55. The molecule has 138 valence electrons. The van der Waals surface area contributed by atoms with Crippen LogP contribution in [-0.2, 0) is 9.53 Å². The van der Waals surface area contributed by atoms with Crippen LogP contribution in [0.4, 0.5) is 0 Å². The molecule has 1 spiro atoms. The van der Waals surface area contributed by atoms with E-state index in [9.17, 15) is 9.59 Å². The topological polar surface area (TPSA) is 71.1 Å². The van der Waals surface area contributed by atoms with E-state index < -0.39 is 11.5 Å². The average Bonchev–Trinajstić information content (AvgIpc) is 2.96. The Morgan fingerprint density at radius 3 is 2.65 bits per heavy atom. The van der Waals surface area contributed by atoms with Crippen LogP contribution >= 0.6 is 11.6 Å². The van der Waals surface area contributed by atoms with Crippen LogP contribution in [0.5, 0.6) is 17.2 Å². The van der Waals surface area contributed by atoms with Crippen LogP contribution in [0.2, 0.25) is 5.02 Å². The van der Waals surface area contributed by atoms with Crippen molar-refractivity contribution in [3.63, 3.8) is 0 Å². The molecule has 0 amide bonds. The number of carbonyl (C=O) groups excluding carboxylic acids is 2. The number of Topliss-reactive ketones (excluding diaryl/α,β-unsaturated/α-hetero) is 2. The van der Waals surface area contributed by atoms with E-state index in [2.05, 4.69) is 0 Å². The zero-order chi connectivity index (χ0) is 18.6. The number of ether oxygens (including phenoxy) is 4. The first-order chi connectivity index (χ1) is 12.5. The highest BCUT2D eigenvalue weighted by Gasteiger charge is 2.61. The zero-order valence-electron chi connectivity index (χ0n) is 14.8. The van der Waals surface area contributed by atoms with Crippen molar-refractivity contribution in [2.24, 2.45) is 5.92 Å². The molecule has 4 rings (SSSR count). The largest absolute Gasteiger partial charge is 0.496 e. The van der Waals surface area contributed by atoms with Crippen LogP contribution in [0.1, 0.15) is 36.5 Å². The van der Waals surface area contributed by atoms with E-state index in [0.29, 0.717) is 35.9 Å². The normalized spacial score (nSPS) is 27.0. The van der Waals surface area contributed by atoms with E-state index in [0.717, 1.165) is 6.42 Å². The Labute approximate surface area is 156 Å². The summed E-state index contributed by atoms with van der Waals surface area (Å²) in [5.41, 5.74) is -0.562. The summed E-state index contributed by atoms with van der Waals surface area (Å²) in [7, 11) is 2.95. The molecule has 2 aliphatic heterocycles. The Balaban J connectivity index is 1.96. The van der Waals surface area contributed by atoms with Crippen molar-refractivity contribution >= 4 is 23.2 Å². The van der Waals surface area contributed by atoms with E-state index in [1.807, 2.05) is 6.92 Å². The lowest BCUT2D eigenvalue weighted by Gasteiger charge is -2.40. The Bertz CT molecular complexity index is 858. The smallest absolute Gasteiger partial charge is 0.231 e. The fraction of sp³-hybridized carbons (Fsp3) is 0.474. The number of fused-ring (bicyclic) bond motifs is 2. The number of halogens is 1. The molecule has 0 radical (unpaired) electrons. The third-order valence-corrected chi connectivity index (χ3v) is 5.73. The molecule has 0 saturated heterocycles. The van der Waals surface area contributed by atoms with E-state index in [1.165, 1.54) is 14.2 Å². The molecular weight excluding hydrogens is 360 g/mol. The summed E-state index contributed by atoms with van der Waals surface area (Å²) in [5.74, 6) is 0.569. The van der Waals surface area contributed by atoms with Crippen LogP contribution in [0.25, 0.3) is 0 Å². The molecule has 0 aromatic heterocycles. The fourth-order valence-electron chi connectivity index (χ4n) is 4.07. The fourth-order valence-corrected chi connectivity index (χ4v) is 4.33. The van der Waals surface area contributed by atoms with Gasteiger partial charge in [0, 0.05) is 24.0 Å². The summed E-state index contributed by atoms with van der Waals surface area (Å²) < 4.78 is 22.7. The third-order valence-electron chi connectivity index (χ3n) is 5.37. The molecule has 2 heterocycles. The van der Waals surface area contributed by atoms with Gasteiger partial charge in [0.15, 0.2) is 17.3 Å². The molecule has 0 bridgehead atoms. The molecule has 1 aliphatic carbocycles. The minimum absolute atomic E-state index is 0.0147. The minimum Gasteiger partial charge on any atom is -0.496 e. The quantitative estimate of drug-likeness (QED) is 0.786. The van der Waals surface area contributed by atoms with Crippen molar-refractivity contribution < 1.29 is 28.5 Å². The van der Waals surface area contributed by atoms with Gasteiger partial charge >= 0.3 is 0 Å². The van der Waals surface area contributed by atoms with Gasteiger partial charge in [-0.2, -0.15) is 0 Å². The number of rotatable bonds is 2. The molecule has 7 heteroatoms. The number of ketones is 2. The number of carbonyl (C=O) groups is 2. The highest BCUT2D eigenvalue weighted by Crippen LogP contribution is 2.56. The molecule has 1 aromatic rings. The Kier molecular flexibility index (Phi) is 3.91. The highest BCUT2D eigenvalue weighted by atomic mass is 35.5. The summed E-state index contributed by atoms with van der Waals surface area (Å²) in [4.78, 5) is 26.0. The van der Waals surface area contributed by atoms with E-state index in [-0.39, 0.29) is 34.3 Å². The van der Waals surface area contributed by atoms with Gasteiger partial charge in [0.05, 0.1) is 20.8 Å². The van der Waals surface area contributed by atoms with Crippen LogP contribution in [0.3, 0.4) is 0 Å². The van der Waals surface area contributed by atoms with E-state index >= 15 is 0 Å². The number of benzene rings is 1. The predicted molar refractivity (Wildman–Crippen MR) is 93.2 cm³/mol. The van der Waals surface area contributed by atoms with Crippen molar-refractivity contribution in [3.8, 4) is 17.2 Å². The highest BCUT2D eigenvalue weighted by molar-refractivity contribution is 6.35. The first kappa shape index (κ1) is 17.2. The predicted octanol–water partition coefficient (Wildman–Crippen LogP) is 3.34. The molecule has 3 aliphatic rings. The first-order valence-electron chi connectivity index (χ1n) is 8.53. The minimum atomic E-state index is -1.38. The molecule has 26 heavy (non-hydrogen) atoms. The molecule has 0 fully saturated rings. The number of hydrogen-bond donors (Lipinski definition) is 0. The average molecular weight is 379 g/mol. The molecule has 1 aromatic carbocycles. The van der Waals surface area contributed by atoms with E-state index in [4.69, 9.17) is 30.5 Å². The maximum Gasteiger partial charge on any atom is 0.231 e. The Morgan fingerprint density at radius 1 is 1.23 bits per heavy atom. The zero-order valence-corrected chi connectivity index (χ0v) is 15.6. The molecule has 2 unspecified atom stereocenters. The maximum atomic E-state index is 13.5. The molecule has 0 N–H and O–H groups in total. The second kappa shape index (κ2) is 5.91. The molecule has 6 nitrogen and oxygen atoms in total. The lowest BCUT2D eigenvalue weighted by atomic mass is 9.71. The van der Waals surface area contributed by atoms with Gasteiger partial charge < -0.3 is 18.9 Å². The van der Waals surface area contributed by atoms with Gasteiger partial charge in [0.2, 0.25) is 11.4 Å². The number of allylic oxidation sites excluding steroid dienone is 1. The van der Waals surface area contributed by atoms with Crippen molar-refractivity contribution in [1.82, 2.24) is 0 Å². The summed E-state index contributed by atoms with van der Waals surface area (Å²) in [6, 6.07) is 1.57. The molecule has 0 saturated carbocycles. The summed E-state index contributed by atoms with van der Waals surface area (Å²) >= 11 is 6.42. The second-order valence-electron chi connectivity index (χ2n) is 6.75. The van der Waals surface area contributed by atoms with Crippen LogP contribution < -0.4 is 14.2 Å². The van der Waals surface area contributed by atoms with Crippen molar-refractivity contribution in [1.29, 1.82) is 0 Å². The van der Waals surface area contributed by atoms with Gasteiger partial charge in [0.25, 0.3) is 0 Å². The second-order valence-corrected chi connectivity index (χ2v) is 7.13. The monoisotopic (exact) mass is 378 g/mol. The SMILES string of the molecule is COc1cc(OC)c2c(c1Cl)OC1(C2=O)C2=C(CCCO2)C(=O)CC1C. The van der Waals surface area contributed by atoms with Crippen molar-refractivity contribution in [2.45, 2.75) is 31.8 Å². The van der Waals surface area contributed by atoms with E-state index in [1.54, 1.807) is 6.07 Å². The standard InChI is InChI=1S/C19H19ClO6/c1-9-7-11(21)10-5-4-6-25-18(10)19(9)17(22)14-12(23-2)8-13(24-3)15(20)16(14)26-19/h8-9H,4-7H2,1-3H3. The van der Waals surface area contributed by atoms with Gasteiger partial charge in [-0.1, -0.05) is 18.5 Å². The number of methoxy groups -OCH3 is 2. The van der Waals surface area contributed by atoms with Gasteiger partial charge in [-0.05, 0) is 12.8 Å². The Hall–Kier alpha value is -2.21. The number of hydrogen-bond acceptors (Lipinski definition) is 6.